The van der Waals surface area contributed by atoms with E-state index < -0.39 is 11.5 Å². The number of halogens is 2. The van der Waals surface area contributed by atoms with E-state index in [4.69, 9.17) is 23.1 Å². The van der Waals surface area contributed by atoms with Gasteiger partial charge in [-0.2, -0.15) is 16.7 Å². The van der Waals surface area contributed by atoms with E-state index in [9.17, 15) is 4.79 Å². The number of fused-ring (bicyclic) bond motifs is 1. The van der Waals surface area contributed by atoms with E-state index in [1.807, 2.05) is 36.6 Å². The van der Waals surface area contributed by atoms with Gasteiger partial charge in [-0.1, -0.05) is 37.1 Å². The molecule has 2 atom stereocenters. The Morgan fingerprint density at radius 1 is 1.20 bits per heavy atom. The van der Waals surface area contributed by atoms with E-state index in [1.54, 1.807) is 37.0 Å². The molecule has 6 N–H and O–H groups in total. The minimum Gasteiger partial charge on any atom is -0.388 e. The van der Waals surface area contributed by atoms with Crippen molar-refractivity contribution < 1.29 is 4.39 Å². The molecule has 2 heterocycles. The maximum absolute atomic E-state index is 15.2. The molecule has 0 saturated carbocycles. The van der Waals surface area contributed by atoms with Gasteiger partial charge in [-0.15, -0.1) is 0 Å². The first kappa shape index (κ1) is 33.7. The van der Waals surface area contributed by atoms with Gasteiger partial charge >= 0.3 is 5.69 Å². The maximum Gasteiger partial charge on any atom is 0.354 e. The molecule has 0 amide bonds. The lowest BCUT2D eigenvalue weighted by molar-refractivity contribution is 0.490. The van der Waals surface area contributed by atoms with Gasteiger partial charge in [0.15, 0.2) is 5.82 Å². The molecular weight excluding hydrogens is 597 g/mol. The van der Waals surface area contributed by atoms with Crippen LogP contribution in [0.1, 0.15) is 63.1 Å². The number of aryl methyl sites for hydroxylation is 1. The molecule has 0 fully saturated rings. The molecule has 0 aliphatic carbocycles. The van der Waals surface area contributed by atoms with Crippen LogP contribution in [-0.2, 0) is 6.42 Å². The molecule has 2 aromatic heterocycles. The molecule has 0 aliphatic heterocycles. The second-order valence-electron chi connectivity index (χ2n) is 11.2. The molecule has 44 heavy (non-hydrogen) atoms. The third-order valence-corrected chi connectivity index (χ3v) is 8.58. The van der Waals surface area contributed by atoms with Crippen molar-refractivity contribution in [2.24, 2.45) is 16.5 Å². The molecule has 2 aromatic carbocycles. The van der Waals surface area contributed by atoms with Crippen molar-refractivity contribution in [1.82, 2.24) is 19.9 Å². The minimum atomic E-state index is -0.510. The topological polar surface area (TPSA) is 127 Å². The molecule has 0 aliphatic rings. The lowest BCUT2D eigenvalue weighted by Crippen LogP contribution is -2.23. The third-order valence-electron chi connectivity index (χ3n) is 7.55. The van der Waals surface area contributed by atoms with E-state index in [2.05, 4.69) is 27.2 Å². The lowest BCUT2D eigenvalue weighted by Gasteiger charge is -2.19. The van der Waals surface area contributed by atoms with E-state index >= 15 is 4.39 Å². The zero-order chi connectivity index (χ0) is 31.6. The Labute approximate surface area is 267 Å². The van der Waals surface area contributed by atoms with Gasteiger partial charge in [-0.3, -0.25) is 9.56 Å². The number of H-pyrrole nitrogens is 1. The van der Waals surface area contributed by atoms with Gasteiger partial charge < -0.3 is 21.8 Å². The van der Waals surface area contributed by atoms with Crippen LogP contribution < -0.4 is 22.5 Å². The number of thioether (sulfide) groups is 1. The van der Waals surface area contributed by atoms with Gasteiger partial charge in [0.1, 0.15) is 5.65 Å². The second-order valence-corrected chi connectivity index (χ2v) is 12.5. The van der Waals surface area contributed by atoms with E-state index in [0.29, 0.717) is 40.4 Å². The predicted molar refractivity (Wildman–Crippen MR) is 184 cm³/mol. The normalized spacial score (nSPS) is 13.5. The molecule has 236 valence electrons. The summed E-state index contributed by atoms with van der Waals surface area (Å²) < 4.78 is 16.7. The summed E-state index contributed by atoms with van der Waals surface area (Å²) >= 11 is 8.03. The van der Waals surface area contributed by atoms with Crippen molar-refractivity contribution >= 4 is 40.2 Å². The van der Waals surface area contributed by atoms with Crippen LogP contribution in [0.4, 0.5) is 4.39 Å². The summed E-state index contributed by atoms with van der Waals surface area (Å²) in [5.74, 6) is 1.000. The van der Waals surface area contributed by atoms with Crippen LogP contribution in [0.5, 0.6) is 0 Å². The first-order valence-electron chi connectivity index (χ1n) is 15.2. The van der Waals surface area contributed by atoms with Crippen LogP contribution in [0, 0.1) is 5.82 Å². The fourth-order valence-electron chi connectivity index (χ4n) is 5.33. The van der Waals surface area contributed by atoms with Gasteiger partial charge in [0.25, 0.3) is 0 Å². The number of hydrogen-bond donors (Lipinski definition) is 4. The highest BCUT2D eigenvalue weighted by Crippen LogP contribution is 2.31. The van der Waals surface area contributed by atoms with Crippen molar-refractivity contribution in [3.8, 4) is 16.9 Å². The summed E-state index contributed by atoms with van der Waals surface area (Å²) in [6, 6.07) is 13.6. The number of hydrogen-bond acceptors (Lipinski definition) is 6. The first-order valence-corrected chi connectivity index (χ1v) is 16.9. The lowest BCUT2D eigenvalue weighted by atomic mass is 10.0. The number of aromatic nitrogens is 3. The number of rotatable bonds is 16. The summed E-state index contributed by atoms with van der Waals surface area (Å²) in [6.07, 6.45) is 9.22. The number of aromatic amines is 1. The molecule has 8 nitrogen and oxygen atoms in total. The summed E-state index contributed by atoms with van der Waals surface area (Å²) in [7, 11) is 0. The number of amidine groups is 1. The van der Waals surface area contributed by atoms with Crippen molar-refractivity contribution in [3.63, 3.8) is 0 Å². The van der Waals surface area contributed by atoms with Gasteiger partial charge in [-0.25, -0.2) is 9.18 Å². The van der Waals surface area contributed by atoms with Crippen LogP contribution in [0.3, 0.4) is 0 Å². The summed E-state index contributed by atoms with van der Waals surface area (Å²) in [5.41, 5.74) is 15.4. The molecule has 0 bridgehead atoms. The highest BCUT2D eigenvalue weighted by molar-refractivity contribution is 7.98. The van der Waals surface area contributed by atoms with Crippen LogP contribution in [0.25, 0.3) is 28.0 Å². The van der Waals surface area contributed by atoms with Crippen molar-refractivity contribution in [2.75, 3.05) is 25.1 Å². The average Bonchev–Trinajstić information content (AvgIpc) is 3.40. The van der Waals surface area contributed by atoms with Gasteiger partial charge in [0.05, 0.1) is 22.2 Å². The number of benzene rings is 2. The van der Waals surface area contributed by atoms with Gasteiger partial charge in [0.2, 0.25) is 0 Å². The monoisotopic (exact) mass is 639 g/mol. The molecule has 0 saturated heterocycles. The largest absolute Gasteiger partial charge is 0.388 e. The third kappa shape index (κ3) is 8.94. The number of nitrogens with one attached hydrogen (secondary N) is 2. The number of aliphatic imine (C=N–C) groups is 1. The maximum atomic E-state index is 15.2. The molecule has 2 unspecified atom stereocenters. The van der Waals surface area contributed by atoms with Crippen LogP contribution in [0.15, 0.2) is 58.4 Å². The highest BCUT2D eigenvalue weighted by Gasteiger charge is 2.16. The molecule has 0 spiro atoms. The first-order chi connectivity index (χ1) is 21.2. The molecule has 4 aromatic rings. The van der Waals surface area contributed by atoms with Gasteiger partial charge in [-0.05, 0) is 93.3 Å². The summed E-state index contributed by atoms with van der Waals surface area (Å²) in [4.78, 5) is 24.7. The average molecular weight is 640 g/mol. The zero-order valence-electron chi connectivity index (χ0n) is 25.7. The fraction of sp³-hybridized carbons (Fsp3) is 0.424. The fourth-order valence-corrected chi connectivity index (χ4v) is 6.17. The standard InChI is InChI=1S/C33H43ClFN7OS/c1-4-7-29(39-15-6-14-38-21(2)36)23-10-12-26(13-11-23)42-19-24-18-30(40-32(24)41-33(42)43)27-16-22(17-28(34)31(27)35)8-5-9-25(37)20-44-3/h10-13,16-19,25,29,39H,4-9,14-15,20,37H2,1-3H3,(H2,36,38)(H,40,41,43). The summed E-state index contributed by atoms with van der Waals surface area (Å²) in [5, 5.41) is 4.37. The minimum absolute atomic E-state index is 0.0622. The van der Waals surface area contributed by atoms with Crippen LogP contribution in [0.2, 0.25) is 5.02 Å². The predicted octanol–water partition coefficient (Wildman–Crippen LogP) is 6.38. The second kappa shape index (κ2) is 16.2. The zero-order valence-corrected chi connectivity index (χ0v) is 27.3. The Morgan fingerprint density at radius 2 is 1.98 bits per heavy atom. The van der Waals surface area contributed by atoms with Crippen LogP contribution in [-0.4, -0.2) is 51.5 Å². The Morgan fingerprint density at radius 3 is 2.68 bits per heavy atom. The molecule has 11 heteroatoms. The van der Waals surface area contributed by atoms with Crippen LogP contribution >= 0.6 is 23.4 Å². The SMILES string of the molecule is CCCC(NCCCN=C(C)N)c1ccc(-n2cc3cc(-c4cc(CCCC(N)CSC)cc(Cl)c4F)[nH]c3nc2=O)cc1. The number of nitrogens with zero attached hydrogens (tertiary/aromatic N) is 3. The quantitative estimate of drug-likeness (QED) is 0.0640. The van der Waals surface area contributed by atoms with Crippen molar-refractivity contribution in [3.05, 3.63) is 81.1 Å². The molecular formula is C33H43ClFN7OS. The van der Waals surface area contributed by atoms with E-state index in [1.165, 1.54) is 4.57 Å². The Hall–Kier alpha value is -3.18. The smallest absolute Gasteiger partial charge is 0.354 e. The van der Waals surface area contributed by atoms with Crippen molar-refractivity contribution in [2.45, 2.75) is 64.5 Å². The Balaban J connectivity index is 1.53. The van der Waals surface area contributed by atoms with E-state index in [-0.39, 0.29) is 17.1 Å². The Kier molecular flexibility index (Phi) is 12.4. The summed E-state index contributed by atoms with van der Waals surface area (Å²) in [6.45, 7) is 5.49. The van der Waals surface area contributed by atoms with Crippen molar-refractivity contribution in [1.29, 1.82) is 0 Å². The van der Waals surface area contributed by atoms with E-state index in [0.717, 1.165) is 61.9 Å². The Bertz CT molecular complexity index is 1620. The molecule has 4 rings (SSSR count). The number of nitrogens with two attached hydrogens (primary N) is 2. The highest BCUT2D eigenvalue weighted by atomic mass is 35.5. The van der Waals surface area contributed by atoms with Gasteiger partial charge in [0, 0.05) is 41.5 Å². The molecule has 0 radical (unpaired) electrons.